The number of hydrogen-bond donors (Lipinski definition) is 0. The average Bonchev–Trinajstić information content (AvgIpc) is 2.64. The first kappa shape index (κ1) is 11.1. The predicted octanol–water partition coefficient (Wildman–Crippen LogP) is 3.67. The smallest absolute Gasteiger partial charge is 0.166 e. The van der Waals surface area contributed by atoms with Gasteiger partial charge >= 0.3 is 0 Å². The third-order valence-electron chi connectivity index (χ3n) is 2.60. The van der Waals surface area contributed by atoms with Crippen molar-refractivity contribution < 1.29 is 4.79 Å². The van der Waals surface area contributed by atoms with Gasteiger partial charge in [-0.2, -0.15) is 0 Å². The Hall–Kier alpha value is -1.35. The molecule has 0 N–H and O–H groups in total. The molecule has 1 heterocycles. The van der Waals surface area contributed by atoms with E-state index in [4.69, 9.17) is 0 Å². The van der Waals surface area contributed by atoms with E-state index in [9.17, 15) is 4.79 Å². The van der Waals surface area contributed by atoms with Gasteiger partial charge in [0.15, 0.2) is 6.29 Å². The van der Waals surface area contributed by atoms with Crippen molar-refractivity contribution in [3.05, 3.63) is 51.8 Å². The lowest BCUT2D eigenvalue weighted by atomic mass is 10.1. The van der Waals surface area contributed by atoms with Gasteiger partial charge < -0.3 is 4.57 Å². The standard InChI is InChI=1S/C13H12BrNO/c1-9-6-11(14)7-10(2)13(9)15-5-3-4-12(15)8-16/h3-8H,1-2H3. The number of rotatable bonds is 2. The summed E-state index contributed by atoms with van der Waals surface area (Å²) in [6, 6.07) is 7.80. The summed E-state index contributed by atoms with van der Waals surface area (Å²) in [7, 11) is 0. The zero-order chi connectivity index (χ0) is 11.7. The van der Waals surface area contributed by atoms with Crippen molar-refractivity contribution >= 4 is 22.2 Å². The van der Waals surface area contributed by atoms with Crippen molar-refractivity contribution in [2.24, 2.45) is 0 Å². The number of aldehydes is 1. The molecule has 0 aliphatic carbocycles. The Balaban J connectivity index is 2.69. The van der Waals surface area contributed by atoms with Crippen molar-refractivity contribution in [3.63, 3.8) is 0 Å². The quantitative estimate of drug-likeness (QED) is 0.768. The minimum Gasteiger partial charge on any atom is -0.314 e. The van der Waals surface area contributed by atoms with E-state index >= 15 is 0 Å². The van der Waals surface area contributed by atoms with Crippen LogP contribution in [-0.4, -0.2) is 10.9 Å². The minimum atomic E-state index is 0.675. The van der Waals surface area contributed by atoms with E-state index in [-0.39, 0.29) is 0 Å². The molecule has 2 aromatic rings. The Morgan fingerprint density at radius 1 is 1.25 bits per heavy atom. The van der Waals surface area contributed by atoms with Crippen LogP contribution in [0.15, 0.2) is 34.9 Å². The number of hydrogen-bond acceptors (Lipinski definition) is 1. The molecule has 0 bridgehead atoms. The maximum Gasteiger partial charge on any atom is 0.166 e. The highest BCUT2D eigenvalue weighted by Crippen LogP contribution is 2.25. The van der Waals surface area contributed by atoms with E-state index in [0.717, 1.165) is 27.6 Å². The van der Waals surface area contributed by atoms with Gasteiger partial charge in [-0.15, -0.1) is 0 Å². The maximum absolute atomic E-state index is 10.9. The highest BCUT2D eigenvalue weighted by atomic mass is 79.9. The van der Waals surface area contributed by atoms with Gasteiger partial charge in [-0.1, -0.05) is 15.9 Å². The molecular formula is C13H12BrNO. The third kappa shape index (κ3) is 1.83. The summed E-state index contributed by atoms with van der Waals surface area (Å²) < 4.78 is 2.98. The molecule has 0 saturated carbocycles. The van der Waals surface area contributed by atoms with Gasteiger partial charge in [-0.25, -0.2) is 0 Å². The molecule has 2 rings (SSSR count). The normalized spacial score (nSPS) is 10.4. The molecule has 1 aromatic heterocycles. The van der Waals surface area contributed by atoms with Crippen LogP contribution in [0.5, 0.6) is 0 Å². The molecule has 0 aliphatic heterocycles. The average molecular weight is 278 g/mol. The van der Waals surface area contributed by atoms with Gasteiger partial charge in [-0.3, -0.25) is 4.79 Å². The second-order valence-corrected chi connectivity index (χ2v) is 4.72. The van der Waals surface area contributed by atoms with E-state index < -0.39 is 0 Å². The van der Waals surface area contributed by atoms with Gasteiger partial charge in [0, 0.05) is 10.7 Å². The molecule has 1 aromatic carbocycles. The summed E-state index contributed by atoms with van der Waals surface area (Å²) in [5, 5.41) is 0. The highest BCUT2D eigenvalue weighted by Gasteiger charge is 2.08. The van der Waals surface area contributed by atoms with Crippen LogP contribution in [0.25, 0.3) is 5.69 Å². The van der Waals surface area contributed by atoms with Crippen molar-refractivity contribution in [2.45, 2.75) is 13.8 Å². The van der Waals surface area contributed by atoms with Crippen LogP contribution >= 0.6 is 15.9 Å². The Kier molecular flexibility index (Phi) is 2.97. The lowest BCUT2D eigenvalue weighted by Gasteiger charge is -2.13. The number of nitrogens with zero attached hydrogens (tertiary/aromatic N) is 1. The SMILES string of the molecule is Cc1cc(Br)cc(C)c1-n1cccc1C=O. The number of carbonyl (C=O) groups excluding carboxylic acids is 1. The molecule has 82 valence electrons. The molecule has 0 amide bonds. The number of aromatic nitrogens is 1. The summed E-state index contributed by atoms with van der Waals surface area (Å²) in [5.41, 5.74) is 4.04. The number of aryl methyl sites for hydroxylation is 2. The monoisotopic (exact) mass is 277 g/mol. The molecule has 0 unspecified atom stereocenters. The summed E-state index contributed by atoms with van der Waals surface area (Å²) in [6.07, 6.45) is 2.79. The molecule has 0 radical (unpaired) electrons. The fourth-order valence-electron chi connectivity index (χ4n) is 1.98. The Bertz CT molecular complexity index is 520. The molecule has 16 heavy (non-hydrogen) atoms. The Morgan fingerprint density at radius 3 is 2.44 bits per heavy atom. The van der Waals surface area contributed by atoms with E-state index in [2.05, 4.69) is 28.1 Å². The van der Waals surface area contributed by atoms with Crippen LogP contribution in [0.2, 0.25) is 0 Å². The molecule has 0 saturated heterocycles. The highest BCUT2D eigenvalue weighted by molar-refractivity contribution is 9.10. The van der Waals surface area contributed by atoms with Crippen molar-refractivity contribution in [1.29, 1.82) is 0 Å². The van der Waals surface area contributed by atoms with Gasteiger partial charge in [-0.05, 0) is 49.2 Å². The van der Waals surface area contributed by atoms with Gasteiger partial charge in [0.2, 0.25) is 0 Å². The van der Waals surface area contributed by atoms with Crippen LogP contribution in [-0.2, 0) is 0 Å². The van der Waals surface area contributed by atoms with E-state index in [1.54, 1.807) is 0 Å². The topological polar surface area (TPSA) is 22.0 Å². The molecule has 0 aliphatic rings. The molecule has 0 spiro atoms. The summed E-state index contributed by atoms with van der Waals surface area (Å²) >= 11 is 3.47. The maximum atomic E-state index is 10.9. The molecule has 2 nitrogen and oxygen atoms in total. The van der Waals surface area contributed by atoms with Crippen molar-refractivity contribution in [3.8, 4) is 5.69 Å². The lowest BCUT2D eigenvalue weighted by Crippen LogP contribution is -2.02. The fourth-order valence-corrected chi connectivity index (χ4v) is 2.66. The zero-order valence-corrected chi connectivity index (χ0v) is 10.8. The first-order valence-electron chi connectivity index (χ1n) is 5.03. The third-order valence-corrected chi connectivity index (χ3v) is 3.06. The fraction of sp³-hybridized carbons (Fsp3) is 0.154. The van der Waals surface area contributed by atoms with Crippen LogP contribution in [0.1, 0.15) is 21.6 Å². The number of halogens is 1. The number of benzene rings is 1. The van der Waals surface area contributed by atoms with Crippen LogP contribution < -0.4 is 0 Å². The van der Waals surface area contributed by atoms with E-state index in [0.29, 0.717) is 5.69 Å². The molecule has 0 atom stereocenters. The second-order valence-electron chi connectivity index (χ2n) is 3.81. The summed E-state index contributed by atoms with van der Waals surface area (Å²) in [5.74, 6) is 0. The predicted molar refractivity (Wildman–Crippen MR) is 68.3 cm³/mol. The lowest BCUT2D eigenvalue weighted by molar-refractivity contribution is 0.111. The Labute approximate surface area is 103 Å². The van der Waals surface area contributed by atoms with Gasteiger partial charge in [0.05, 0.1) is 11.4 Å². The zero-order valence-electron chi connectivity index (χ0n) is 9.20. The van der Waals surface area contributed by atoms with Crippen molar-refractivity contribution in [1.82, 2.24) is 4.57 Å². The number of carbonyl (C=O) groups is 1. The molecule has 0 fully saturated rings. The second kappa shape index (κ2) is 4.26. The first-order valence-corrected chi connectivity index (χ1v) is 5.82. The summed E-state index contributed by atoms with van der Waals surface area (Å²) in [4.78, 5) is 10.9. The Morgan fingerprint density at radius 2 is 1.88 bits per heavy atom. The van der Waals surface area contributed by atoms with Gasteiger partial charge in [0.1, 0.15) is 0 Å². The van der Waals surface area contributed by atoms with Crippen LogP contribution in [0, 0.1) is 13.8 Å². The molecular weight excluding hydrogens is 266 g/mol. The van der Waals surface area contributed by atoms with Crippen molar-refractivity contribution in [2.75, 3.05) is 0 Å². The molecule has 3 heteroatoms. The first-order chi connectivity index (χ1) is 7.63. The van der Waals surface area contributed by atoms with Gasteiger partial charge in [0.25, 0.3) is 0 Å². The largest absolute Gasteiger partial charge is 0.314 e. The minimum absolute atomic E-state index is 0.675. The van der Waals surface area contributed by atoms with Crippen LogP contribution in [0.3, 0.4) is 0 Å². The van der Waals surface area contributed by atoms with E-state index in [1.807, 2.05) is 36.7 Å². The van der Waals surface area contributed by atoms with E-state index in [1.165, 1.54) is 0 Å². The van der Waals surface area contributed by atoms with Crippen LogP contribution in [0.4, 0.5) is 0 Å². The summed E-state index contributed by atoms with van der Waals surface area (Å²) in [6.45, 7) is 4.09.